The highest BCUT2D eigenvalue weighted by Crippen LogP contribution is 2.24. The number of alkyl halides is 1. The molecule has 0 heterocycles. The zero-order chi connectivity index (χ0) is 19.8. The van der Waals surface area contributed by atoms with Crippen LogP contribution in [0.1, 0.15) is 22.3 Å². The van der Waals surface area contributed by atoms with Gasteiger partial charge < -0.3 is 15.2 Å². The van der Waals surface area contributed by atoms with Gasteiger partial charge in [-0.3, -0.25) is 4.79 Å². The molecule has 0 spiro atoms. The van der Waals surface area contributed by atoms with Gasteiger partial charge in [0, 0.05) is 12.3 Å². The largest absolute Gasteiger partial charge is 0.494 e. The van der Waals surface area contributed by atoms with Crippen molar-refractivity contribution in [3.05, 3.63) is 63.6 Å². The minimum atomic E-state index is -1.16. The van der Waals surface area contributed by atoms with Crippen LogP contribution in [-0.2, 0) is 11.2 Å². The average molecular weight is 431 g/mol. The van der Waals surface area contributed by atoms with Gasteiger partial charge >= 0.3 is 5.97 Å². The molecule has 1 amide bonds. The van der Waals surface area contributed by atoms with Gasteiger partial charge in [-0.2, -0.15) is 0 Å². The van der Waals surface area contributed by atoms with Crippen molar-refractivity contribution in [2.75, 3.05) is 12.5 Å². The highest BCUT2D eigenvalue weighted by Gasteiger charge is 2.23. The first-order chi connectivity index (χ1) is 12.9. The summed E-state index contributed by atoms with van der Waals surface area (Å²) in [5.74, 6) is -0.608. The summed E-state index contributed by atoms with van der Waals surface area (Å²) in [6.45, 7) is 0.509. The van der Waals surface area contributed by atoms with Crippen LogP contribution < -0.4 is 10.1 Å². The van der Waals surface area contributed by atoms with E-state index in [-0.39, 0.29) is 22.0 Å². The standard InChI is InChI=1S/C19H18Cl3NO4/c20-9-2-10-27-13-7-5-12(6-8-13)11-16(19(25)26)23-18(24)17-14(21)3-1-4-15(17)22/h1,3-8,16H,2,9-11H2,(H,23,24)(H,25,26)/t16-/m0/s1. The summed E-state index contributed by atoms with van der Waals surface area (Å²) < 4.78 is 5.50. The van der Waals surface area contributed by atoms with Crippen molar-refractivity contribution in [3.63, 3.8) is 0 Å². The molecule has 8 heteroatoms. The maximum absolute atomic E-state index is 12.4. The summed E-state index contributed by atoms with van der Waals surface area (Å²) in [5.41, 5.74) is 0.785. The molecule has 0 aliphatic carbocycles. The van der Waals surface area contributed by atoms with E-state index in [2.05, 4.69) is 5.32 Å². The molecule has 0 saturated heterocycles. The van der Waals surface area contributed by atoms with Crippen LogP contribution in [0.25, 0.3) is 0 Å². The second-order valence-corrected chi connectivity index (χ2v) is 6.89. The molecule has 2 N–H and O–H groups in total. The molecule has 144 valence electrons. The van der Waals surface area contributed by atoms with Gasteiger partial charge in [-0.15, -0.1) is 11.6 Å². The molecule has 27 heavy (non-hydrogen) atoms. The third kappa shape index (κ3) is 6.31. The van der Waals surface area contributed by atoms with Crippen molar-refractivity contribution in [1.29, 1.82) is 0 Å². The molecule has 0 aliphatic heterocycles. The van der Waals surface area contributed by atoms with E-state index < -0.39 is 17.9 Å². The number of aliphatic carboxylic acids is 1. The zero-order valence-electron chi connectivity index (χ0n) is 14.3. The van der Waals surface area contributed by atoms with Crippen LogP contribution in [0, 0.1) is 0 Å². The number of hydrogen-bond donors (Lipinski definition) is 2. The smallest absolute Gasteiger partial charge is 0.326 e. The van der Waals surface area contributed by atoms with Gasteiger partial charge in [0.05, 0.1) is 22.2 Å². The monoisotopic (exact) mass is 429 g/mol. The molecular weight excluding hydrogens is 413 g/mol. The zero-order valence-corrected chi connectivity index (χ0v) is 16.5. The number of carboxylic acids is 1. The number of hydrogen-bond acceptors (Lipinski definition) is 3. The maximum atomic E-state index is 12.4. The Labute approximate surface area is 172 Å². The third-order valence-electron chi connectivity index (χ3n) is 3.70. The number of benzene rings is 2. The summed E-state index contributed by atoms with van der Waals surface area (Å²) in [6.07, 6.45) is 0.839. The normalized spacial score (nSPS) is 11.7. The van der Waals surface area contributed by atoms with Crippen molar-refractivity contribution in [3.8, 4) is 5.75 Å². The molecule has 1 atom stereocenters. The second kappa shape index (κ2) is 10.4. The summed E-state index contributed by atoms with van der Waals surface area (Å²) in [5, 5.41) is 12.2. The fraction of sp³-hybridized carbons (Fsp3) is 0.263. The highest BCUT2D eigenvalue weighted by molar-refractivity contribution is 6.39. The van der Waals surface area contributed by atoms with E-state index in [4.69, 9.17) is 39.5 Å². The molecule has 2 aromatic rings. The predicted octanol–water partition coefficient (Wildman–Crippen LogP) is 4.43. The van der Waals surface area contributed by atoms with Crippen molar-refractivity contribution < 1.29 is 19.4 Å². The van der Waals surface area contributed by atoms with Gasteiger partial charge in [0.15, 0.2) is 0 Å². The Morgan fingerprint density at radius 2 is 1.70 bits per heavy atom. The lowest BCUT2D eigenvalue weighted by Crippen LogP contribution is -2.42. The van der Waals surface area contributed by atoms with Crippen molar-refractivity contribution in [2.45, 2.75) is 18.9 Å². The Kier molecular flexibility index (Phi) is 8.23. The molecule has 0 fully saturated rings. The molecule has 0 bridgehead atoms. The van der Waals surface area contributed by atoms with Gasteiger partial charge in [0.25, 0.3) is 5.91 Å². The van der Waals surface area contributed by atoms with Gasteiger partial charge in [-0.25, -0.2) is 4.79 Å². The Hall–Kier alpha value is -1.95. The van der Waals surface area contributed by atoms with E-state index in [0.717, 1.165) is 12.0 Å². The number of rotatable bonds is 9. The molecule has 0 saturated carbocycles. The Balaban J connectivity index is 2.05. The van der Waals surface area contributed by atoms with Crippen molar-refractivity contribution >= 4 is 46.7 Å². The van der Waals surface area contributed by atoms with Gasteiger partial charge in [-0.05, 0) is 36.2 Å². The predicted molar refractivity (Wildman–Crippen MR) is 106 cm³/mol. The molecule has 2 aromatic carbocycles. The van der Waals surface area contributed by atoms with E-state index in [1.54, 1.807) is 30.3 Å². The van der Waals surface area contributed by atoms with E-state index in [1.165, 1.54) is 12.1 Å². The molecule has 2 rings (SSSR count). The summed E-state index contributed by atoms with van der Waals surface area (Å²) in [4.78, 5) is 24.0. The van der Waals surface area contributed by atoms with Crippen LogP contribution in [0.3, 0.4) is 0 Å². The SMILES string of the molecule is O=C(N[C@@H](Cc1ccc(OCCCCl)cc1)C(=O)O)c1c(Cl)cccc1Cl. The van der Waals surface area contributed by atoms with Crippen LogP contribution in [-0.4, -0.2) is 35.5 Å². The van der Waals surface area contributed by atoms with Crippen LogP contribution >= 0.6 is 34.8 Å². The topological polar surface area (TPSA) is 75.6 Å². The number of nitrogens with one attached hydrogen (secondary N) is 1. The summed E-state index contributed by atoms with van der Waals surface area (Å²) in [6, 6.07) is 10.5. The number of carbonyl (C=O) groups excluding carboxylic acids is 1. The maximum Gasteiger partial charge on any atom is 0.326 e. The van der Waals surface area contributed by atoms with Crippen LogP contribution in [0.15, 0.2) is 42.5 Å². The molecule has 5 nitrogen and oxygen atoms in total. The molecule has 0 aromatic heterocycles. The van der Waals surface area contributed by atoms with Crippen molar-refractivity contribution in [2.24, 2.45) is 0 Å². The van der Waals surface area contributed by atoms with Gasteiger partial charge in [-0.1, -0.05) is 41.4 Å². The molecule has 0 aliphatic rings. The lowest BCUT2D eigenvalue weighted by atomic mass is 10.1. The number of amides is 1. The first-order valence-corrected chi connectivity index (χ1v) is 9.46. The first kappa shape index (κ1) is 21.4. The third-order valence-corrected chi connectivity index (χ3v) is 4.60. The fourth-order valence-electron chi connectivity index (χ4n) is 2.35. The Bertz CT molecular complexity index is 776. The minimum absolute atomic E-state index is 0.0510. The van der Waals surface area contributed by atoms with E-state index in [0.29, 0.717) is 18.2 Å². The van der Waals surface area contributed by atoms with Gasteiger partial charge in [0.2, 0.25) is 0 Å². The fourth-order valence-corrected chi connectivity index (χ4v) is 3.03. The van der Waals surface area contributed by atoms with E-state index in [1.807, 2.05) is 0 Å². The lowest BCUT2D eigenvalue weighted by Gasteiger charge is -2.16. The number of halogens is 3. The van der Waals surface area contributed by atoms with E-state index >= 15 is 0 Å². The van der Waals surface area contributed by atoms with Crippen LogP contribution in [0.5, 0.6) is 5.75 Å². The molecular formula is C19H18Cl3NO4. The van der Waals surface area contributed by atoms with Gasteiger partial charge in [0.1, 0.15) is 11.8 Å². The highest BCUT2D eigenvalue weighted by atomic mass is 35.5. The summed E-state index contributed by atoms with van der Waals surface area (Å²) in [7, 11) is 0. The molecule has 0 radical (unpaired) electrons. The van der Waals surface area contributed by atoms with Crippen molar-refractivity contribution in [1.82, 2.24) is 5.32 Å². The number of ether oxygens (including phenoxy) is 1. The Morgan fingerprint density at radius 3 is 2.26 bits per heavy atom. The quantitative estimate of drug-likeness (QED) is 0.456. The van der Waals surface area contributed by atoms with Crippen LogP contribution in [0.4, 0.5) is 0 Å². The average Bonchev–Trinajstić information content (AvgIpc) is 2.62. The lowest BCUT2D eigenvalue weighted by molar-refractivity contribution is -0.139. The first-order valence-electron chi connectivity index (χ1n) is 8.17. The number of carbonyl (C=O) groups is 2. The van der Waals surface area contributed by atoms with Crippen LogP contribution in [0.2, 0.25) is 10.0 Å². The number of carboxylic acid groups (broad SMARTS) is 1. The minimum Gasteiger partial charge on any atom is -0.494 e. The van der Waals surface area contributed by atoms with E-state index in [9.17, 15) is 14.7 Å². The Morgan fingerprint density at radius 1 is 1.07 bits per heavy atom. The summed E-state index contributed by atoms with van der Waals surface area (Å²) >= 11 is 17.6. The second-order valence-electron chi connectivity index (χ2n) is 5.70. The molecule has 0 unspecified atom stereocenters.